The maximum absolute atomic E-state index is 11.4. The zero-order valence-electron chi connectivity index (χ0n) is 11.4. The largest absolute Gasteiger partial charge is 0.550 e. The second kappa shape index (κ2) is 12.1. The fourth-order valence-electron chi connectivity index (χ4n) is 1.59. The zero-order valence-corrected chi connectivity index (χ0v) is 12.5. The Morgan fingerprint density at radius 1 is 0.941 bits per heavy atom. The van der Waals surface area contributed by atoms with E-state index in [0.717, 1.165) is 12.8 Å². The molecular weight excluding hydrogens is 236 g/mol. The predicted octanol–water partition coefficient (Wildman–Crippen LogP) is 2.68. The van der Waals surface area contributed by atoms with E-state index in [0.29, 0.717) is 6.42 Å². The molecule has 17 heavy (non-hydrogen) atoms. The predicted molar refractivity (Wildman–Crippen MR) is 69.9 cm³/mol. The Morgan fingerprint density at radius 2 is 1.47 bits per heavy atom. The molecule has 0 radical (unpaired) electrons. The molecule has 0 atom stereocenters. The van der Waals surface area contributed by atoms with Crippen LogP contribution < -0.4 is 0 Å². The molecule has 0 fully saturated rings. The summed E-state index contributed by atoms with van der Waals surface area (Å²) >= 11 is 0. The summed E-state index contributed by atoms with van der Waals surface area (Å²) in [6.45, 7) is 2.21. The summed E-state index contributed by atoms with van der Waals surface area (Å²) in [5.41, 5.74) is 0. The minimum Gasteiger partial charge on any atom is -0.476 e. The number of carbonyl (C=O) groups excluding carboxylic acids is 1. The molecule has 0 N–H and O–H groups in total. The Kier molecular flexibility index (Phi) is 11.8. The van der Waals surface area contributed by atoms with Gasteiger partial charge in [-0.05, 0) is 6.42 Å². The van der Waals surface area contributed by atoms with E-state index >= 15 is 0 Å². The highest BCUT2D eigenvalue weighted by atomic mass is 28.3. The van der Waals surface area contributed by atoms with Gasteiger partial charge in [-0.2, -0.15) is 0 Å². The fourth-order valence-corrected chi connectivity index (χ4v) is 2.30. The van der Waals surface area contributed by atoms with Gasteiger partial charge in [-0.15, -0.1) is 0 Å². The van der Waals surface area contributed by atoms with Gasteiger partial charge in [0.2, 0.25) is 0 Å². The highest BCUT2D eigenvalue weighted by molar-refractivity contribution is 6.39. The second-order valence-corrected chi connectivity index (χ2v) is 5.88. The van der Waals surface area contributed by atoms with Crippen LogP contribution in [-0.4, -0.2) is 29.7 Å². The monoisotopic (exact) mass is 262 g/mol. The van der Waals surface area contributed by atoms with Crippen molar-refractivity contribution in [2.75, 3.05) is 14.2 Å². The van der Waals surface area contributed by atoms with Crippen molar-refractivity contribution < 1.29 is 18.1 Å². The summed E-state index contributed by atoms with van der Waals surface area (Å²) in [6.07, 6.45) is 8.86. The molecule has 0 aliphatic carbocycles. The Morgan fingerprint density at radius 3 is 2.00 bits per heavy atom. The van der Waals surface area contributed by atoms with Gasteiger partial charge in [0, 0.05) is 20.6 Å². The number of carbonyl (C=O) groups is 1. The molecule has 0 rings (SSSR count). The minimum atomic E-state index is -2.17. The van der Waals surface area contributed by atoms with E-state index < -0.39 is 9.53 Å². The maximum Gasteiger partial charge on any atom is 0.550 e. The van der Waals surface area contributed by atoms with Gasteiger partial charge in [0.15, 0.2) is 0 Å². The molecule has 0 heterocycles. The molecule has 4 nitrogen and oxygen atoms in total. The molecule has 0 amide bonds. The van der Waals surface area contributed by atoms with Gasteiger partial charge in [0.25, 0.3) is 5.97 Å². The van der Waals surface area contributed by atoms with Crippen LogP contribution >= 0.6 is 0 Å². The first-order chi connectivity index (χ1) is 8.24. The van der Waals surface area contributed by atoms with E-state index in [1.54, 1.807) is 0 Å². The molecular formula is C12H26O4Si. The van der Waals surface area contributed by atoms with Crippen molar-refractivity contribution in [1.29, 1.82) is 0 Å². The Balaban J connectivity index is 3.33. The molecule has 0 aliphatic rings. The van der Waals surface area contributed by atoms with Crippen molar-refractivity contribution in [2.24, 2.45) is 0 Å². The van der Waals surface area contributed by atoms with Crippen LogP contribution in [-0.2, 0) is 18.1 Å². The van der Waals surface area contributed by atoms with Crippen LogP contribution in [0.15, 0.2) is 0 Å². The van der Waals surface area contributed by atoms with Crippen LogP contribution in [0.3, 0.4) is 0 Å². The van der Waals surface area contributed by atoms with Crippen LogP contribution in [0.1, 0.15) is 58.3 Å². The lowest BCUT2D eigenvalue weighted by Gasteiger charge is -2.11. The van der Waals surface area contributed by atoms with Crippen LogP contribution in [0.2, 0.25) is 0 Å². The van der Waals surface area contributed by atoms with Crippen molar-refractivity contribution in [3.8, 4) is 0 Å². The van der Waals surface area contributed by atoms with Gasteiger partial charge < -0.3 is 13.3 Å². The van der Waals surface area contributed by atoms with Crippen LogP contribution in [0.5, 0.6) is 0 Å². The minimum absolute atomic E-state index is 0.195. The van der Waals surface area contributed by atoms with E-state index in [1.165, 1.54) is 46.3 Å². The molecule has 0 saturated carbocycles. The van der Waals surface area contributed by atoms with E-state index in [-0.39, 0.29) is 5.97 Å². The number of unbranched alkanes of at least 4 members (excludes halogenated alkanes) is 6. The first kappa shape index (κ1) is 16.6. The molecule has 0 aromatic heterocycles. The van der Waals surface area contributed by atoms with E-state index in [9.17, 15) is 4.79 Å². The molecule has 0 aliphatic heterocycles. The third kappa shape index (κ3) is 10.5. The molecule has 0 aromatic carbocycles. The van der Waals surface area contributed by atoms with E-state index in [4.69, 9.17) is 13.3 Å². The fraction of sp³-hybridized carbons (Fsp3) is 0.917. The van der Waals surface area contributed by atoms with E-state index in [1.807, 2.05) is 0 Å². The van der Waals surface area contributed by atoms with Gasteiger partial charge in [0.05, 0.1) is 0 Å². The highest BCUT2D eigenvalue weighted by Crippen LogP contribution is 2.09. The lowest BCUT2D eigenvalue weighted by atomic mass is 10.1. The third-order valence-corrected chi connectivity index (χ3v) is 3.82. The van der Waals surface area contributed by atoms with Crippen LogP contribution in [0.25, 0.3) is 0 Å². The average Bonchev–Trinajstić information content (AvgIpc) is 2.34. The standard InChI is InChI=1S/C12H26O4Si/c1-4-5-6-7-8-9-10-11-12(13)16-17(14-2)15-3/h17H,4-11H2,1-3H3. The van der Waals surface area contributed by atoms with Crippen molar-refractivity contribution in [2.45, 2.75) is 58.3 Å². The van der Waals surface area contributed by atoms with Gasteiger partial charge in [-0.1, -0.05) is 45.4 Å². The van der Waals surface area contributed by atoms with Crippen LogP contribution in [0.4, 0.5) is 0 Å². The third-order valence-electron chi connectivity index (χ3n) is 2.60. The van der Waals surface area contributed by atoms with Crippen molar-refractivity contribution in [3.05, 3.63) is 0 Å². The topological polar surface area (TPSA) is 44.8 Å². The number of hydrogen-bond acceptors (Lipinski definition) is 4. The zero-order chi connectivity index (χ0) is 12.9. The maximum atomic E-state index is 11.4. The van der Waals surface area contributed by atoms with Crippen molar-refractivity contribution in [3.63, 3.8) is 0 Å². The lowest BCUT2D eigenvalue weighted by Crippen LogP contribution is -2.27. The smallest absolute Gasteiger partial charge is 0.476 e. The first-order valence-electron chi connectivity index (χ1n) is 6.49. The number of rotatable bonds is 11. The SMILES string of the molecule is CCCCCCCCCC(=O)O[SiH](OC)OC. The van der Waals surface area contributed by atoms with Gasteiger partial charge in [-0.3, -0.25) is 4.79 Å². The van der Waals surface area contributed by atoms with Gasteiger partial charge in [0.1, 0.15) is 0 Å². The second-order valence-electron chi connectivity index (χ2n) is 4.12. The Labute approximate surface area is 107 Å². The number of hydrogen-bond donors (Lipinski definition) is 0. The Bertz CT molecular complexity index is 183. The Hall–Kier alpha value is -0.393. The highest BCUT2D eigenvalue weighted by Gasteiger charge is 2.16. The quantitative estimate of drug-likeness (QED) is 0.424. The summed E-state index contributed by atoms with van der Waals surface area (Å²) in [7, 11) is 0.829. The van der Waals surface area contributed by atoms with E-state index in [2.05, 4.69) is 6.92 Å². The molecule has 5 heteroatoms. The summed E-state index contributed by atoms with van der Waals surface area (Å²) < 4.78 is 14.9. The van der Waals surface area contributed by atoms with Crippen LogP contribution in [0, 0.1) is 0 Å². The molecule has 0 aromatic rings. The lowest BCUT2D eigenvalue weighted by molar-refractivity contribution is -0.137. The van der Waals surface area contributed by atoms with Crippen molar-refractivity contribution >= 4 is 15.5 Å². The first-order valence-corrected chi connectivity index (χ1v) is 7.91. The van der Waals surface area contributed by atoms with Gasteiger partial charge >= 0.3 is 9.53 Å². The molecule has 0 unspecified atom stereocenters. The average molecular weight is 262 g/mol. The molecule has 0 bridgehead atoms. The molecule has 102 valence electrons. The summed E-state index contributed by atoms with van der Waals surface area (Å²) in [5.74, 6) is -0.195. The molecule has 0 saturated heterocycles. The summed E-state index contributed by atoms with van der Waals surface area (Å²) in [5, 5.41) is 0. The summed E-state index contributed by atoms with van der Waals surface area (Å²) in [4.78, 5) is 11.4. The normalized spacial score (nSPS) is 10.8. The molecule has 0 spiro atoms. The summed E-state index contributed by atoms with van der Waals surface area (Å²) in [6, 6.07) is 0. The van der Waals surface area contributed by atoms with Crippen molar-refractivity contribution in [1.82, 2.24) is 0 Å². The van der Waals surface area contributed by atoms with Gasteiger partial charge in [-0.25, -0.2) is 0 Å².